The maximum absolute atomic E-state index is 12.8. The van der Waals surface area contributed by atoms with Gasteiger partial charge in [0.05, 0.1) is 0 Å². The van der Waals surface area contributed by atoms with Gasteiger partial charge in [-0.1, -0.05) is 41.9 Å². The molecule has 0 unspecified atom stereocenters. The van der Waals surface area contributed by atoms with Gasteiger partial charge in [0.2, 0.25) is 5.91 Å². The van der Waals surface area contributed by atoms with Crippen LogP contribution in [0.15, 0.2) is 78.9 Å². The molecule has 0 atom stereocenters. The minimum atomic E-state index is -0.193. The van der Waals surface area contributed by atoms with Crippen molar-refractivity contribution < 1.29 is 9.59 Å². The molecule has 0 spiro atoms. The van der Waals surface area contributed by atoms with E-state index in [9.17, 15) is 9.59 Å². The van der Waals surface area contributed by atoms with E-state index in [4.69, 9.17) is 11.6 Å². The largest absolute Gasteiger partial charge is 0.368 e. The van der Waals surface area contributed by atoms with Gasteiger partial charge in [-0.25, -0.2) is 0 Å². The molecule has 0 saturated carbocycles. The Bertz CT molecular complexity index is 1150. The Kier molecular flexibility index (Phi) is 7.10. The second-order valence-corrected chi connectivity index (χ2v) is 8.45. The molecule has 5 nitrogen and oxygen atoms in total. The predicted molar refractivity (Wildman–Crippen MR) is 135 cm³/mol. The van der Waals surface area contributed by atoms with E-state index < -0.39 is 0 Å². The Morgan fingerprint density at radius 1 is 0.879 bits per heavy atom. The van der Waals surface area contributed by atoms with Crippen LogP contribution < -0.4 is 10.2 Å². The third-order valence-electron chi connectivity index (χ3n) is 5.74. The number of amides is 2. The number of benzene rings is 3. The highest BCUT2D eigenvalue weighted by atomic mass is 35.5. The third kappa shape index (κ3) is 5.82. The molecule has 33 heavy (non-hydrogen) atoms. The fourth-order valence-corrected chi connectivity index (χ4v) is 3.96. The number of hydrogen-bond donors (Lipinski definition) is 1. The number of nitrogens with zero attached hydrogens (tertiary/aromatic N) is 2. The van der Waals surface area contributed by atoms with E-state index in [0.29, 0.717) is 18.1 Å². The summed E-state index contributed by atoms with van der Waals surface area (Å²) in [5.41, 5.74) is 4.50. The second kappa shape index (κ2) is 10.4. The highest BCUT2D eigenvalue weighted by Crippen LogP contribution is 2.21. The molecule has 168 valence electrons. The van der Waals surface area contributed by atoms with Crippen molar-refractivity contribution in [3.05, 3.63) is 101 Å². The normalized spacial score (nSPS) is 13.9. The fourth-order valence-electron chi connectivity index (χ4n) is 3.84. The number of carbonyl (C=O) groups is 2. The average Bonchev–Trinajstić information content (AvgIpc) is 2.84. The SMILES string of the molecule is Cc1ccccc1C(=O)N1CCN(c2ccc(NC(=O)/C=C/c3ccc(Cl)cc3)cc2)CC1. The molecule has 1 aliphatic heterocycles. The lowest BCUT2D eigenvalue weighted by Gasteiger charge is -2.36. The molecule has 1 fully saturated rings. The van der Waals surface area contributed by atoms with Crippen molar-refractivity contribution in [2.45, 2.75) is 6.92 Å². The van der Waals surface area contributed by atoms with Gasteiger partial charge in [0.1, 0.15) is 0 Å². The zero-order valence-electron chi connectivity index (χ0n) is 18.5. The number of hydrogen-bond acceptors (Lipinski definition) is 3. The highest BCUT2D eigenvalue weighted by molar-refractivity contribution is 6.30. The minimum Gasteiger partial charge on any atom is -0.368 e. The smallest absolute Gasteiger partial charge is 0.254 e. The summed E-state index contributed by atoms with van der Waals surface area (Å²) in [5.74, 6) is -0.0986. The Balaban J connectivity index is 1.30. The summed E-state index contributed by atoms with van der Waals surface area (Å²) >= 11 is 5.88. The molecule has 0 aliphatic carbocycles. The zero-order valence-corrected chi connectivity index (χ0v) is 19.3. The van der Waals surface area contributed by atoms with Crippen LogP contribution in [0, 0.1) is 6.92 Å². The first kappa shape index (κ1) is 22.6. The Hall–Kier alpha value is -3.57. The van der Waals surface area contributed by atoms with E-state index >= 15 is 0 Å². The van der Waals surface area contributed by atoms with E-state index in [1.165, 1.54) is 6.08 Å². The van der Waals surface area contributed by atoms with E-state index in [1.807, 2.05) is 72.5 Å². The number of anilines is 2. The van der Waals surface area contributed by atoms with Gasteiger partial charge in [-0.05, 0) is 66.6 Å². The van der Waals surface area contributed by atoms with Crippen molar-refractivity contribution in [1.29, 1.82) is 0 Å². The lowest BCUT2D eigenvalue weighted by atomic mass is 10.1. The summed E-state index contributed by atoms with van der Waals surface area (Å²) in [5, 5.41) is 3.54. The summed E-state index contributed by atoms with van der Waals surface area (Å²) in [6, 6.07) is 22.8. The first-order valence-corrected chi connectivity index (χ1v) is 11.3. The number of rotatable bonds is 5. The average molecular weight is 460 g/mol. The Morgan fingerprint density at radius 3 is 2.21 bits per heavy atom. The van der Waals surface area contributed by atoms with E-state index in [1.54, 1.807) is 18.2 Å². The van der Waals surface area contributed by atoms with Gasteiger partial charge in [0, 0.05) is 54.2 Å². The maximum Gasteiger partial charge on any atom is 0.254 e. The summed E-state index contributed by atoms with van der Waals surface area (Å²) in [4.78, 5) is 29.2. The van der Waals surface area contributed by atoms with Gasteiger partial charge >= 0.3 is 0 Å². The van der Waals surface area contributed by atoms with Crippen LogP contribution in [-0.2, 0) is 4.79 Å². The first-order chi connectivity index (χ1) is 16.0. The lowest BCUT2D eigenvalue weighted by Crippen LogP contribution is -2.48. The summed E-state index contributed by atoms with van der Waals surface area (Å²) in [6.07, 6.45) is 3.25. The van der Waals surface area contributed by atoms with Crippen molar-refractivity contribution in [3.63, 3.8) is 0 Å². The minimum absolute atomic E-state index is 0.0949. The number of piperazine rings is 1. The molecule has 3 aromatic rings. The van der Waals surface area contributed by atoms with Gasteiger partial charge in [0.15, 0.2) is 0 Å². The van der Waals surface area contributed by atoms with E-state index in [-0.39, 0.29) is 11.8 Å². The maximum atomic E-state index is 12.8. The number of nitrogens with one attached hydrogen (secondary N) is 1. The topological polar surface area (TPSA) is 52.7 Å². The Labute approximate surface area is 199 Å². The summed E-state index contributed by atoms with van der Waals surface area (Å²) < 4.78 is 0. The van der Waals surface area contributed by atoms with Crippen LogP contribution in [0.3, 0.4) is 0 Å². The molecule has 4 rings (SSSR count). The zero-order chi connectivity index (χ0) is 23.2. The summed E-state index contributed by atoms with van der Waals surface area (Å²) in [7, 11) is 0. The van der Waals surface area contributed by atoms with Crippen molar-refractivity contribution in [2.75, 3.05) is 36.4 Å². The van der Waals surface area contributed by atoms with Crippen LogP contribution >= 0.6 is 11.6 Å². The molecule has 0 radical (unpaired) electrons. The van der Waals surface area contributed by atoms with Crippen LogP contribution in [0.5, 0.6) is 0 Å². The van der Waals surface area contributed by atoms with Crippen LogP contribution in [0.1, 0.15) is 21.5 Å². The van der Waals surface area contributed by atoms with Gasteiger partial charge < -0.3 is 15.1 Å². The molecular weight excluding hydrogens is 434 g/mol. The molecule has 1 heterocycles. The highest BCUT2D eigenvalue weighted by Gasteiger charge is 2.23. The van der Waals surface area contributed by atoms with Gasteiger partial charge in [-0.15, -0.1) is 0 Å². The molecular formula is C27H26ClN3O2. The van der Waals surface area contributed by atoms with Gasteiger partial charge in [-0.2, -0.15) is 0 Å². The van der Waals surface area contributed by atoms with Crippen LogP contribution in [-0.4, -0.2) is 42.9 Å². The predicted octanol–water partition coefficient (Wildman–Crippen LogP) is 5.26. The van der Waals surface area contributed by atoms with Crippen LogP contribution in [0.2, 0.25) is 5.02 Å². The first-order valence-electron chi connectivity index (χ1n) is 10.9. The molecule has 3 aromatic carbocycles. The molecule has 1 aliphatic rings. The number of carbonyl (C=O) groups excluding carboxylic acids is 2. The molecule has 1 saturated heterocycles. The van der Waals surface area contributed by atoms with Crippen molar-refractivity contribution >= 4 is 40.9 Å². The molecule has 2 amide bonds. The van der Waals surface area contributed by atoms with Crippen molar-refractivity contribution in [1.82, 2.24) is 4.90 Å². The standard InChI is InChI=1S/C27H26ClN3O2/c1-20-4-2-3-5-25(20)27(33)31-18-16-30(17-19-31)24-13-11-23(12-14-24)29-26(32)15-8-21-6-9-22(28)10-7-21/h2-15H,16-19H2,1H3,(H,29,32)/b15-8+. The van der Waals surface area contributed by atoms with Crippen LogP contribution in [0.4, 0.5) is 11.4 Å². The van der Waals surface area contributed by atoms with Crippen molar-refractivity contribution in [2.24, 2.45) is 0 Å². The molecule has 0 bridgehead atoms. The Morgan fingerprint density at radius 2 is 1.55 bits per heavy atom. The molecule has 6 heteroatoms. The monoisotopic (exact) mass is 459 g/mol. The van der Waals surface area contributed by atoms with Crippen LogP contribution in [0.25, 0.3) is 6.08 Å². The number of halogens is 1. The molecule has 0 aromatic heterocycles. The molecule has 1 N–H and O–H groups in total. The lowest BCUT2D eigenvalue weighted by molar-refractivity contribution is -0.111. The fraction of sp³-hybridized carbons (Fsp3) is 0.185. The van der Waals surface area contributed by atoms with Gasteiger partial charge in [-0.3, -0.25) is 9.59 Å². The van der Waals surface area contributed by atoms with Gasteiger partial charge in [0.25, 0.3) is 5.91 Å². The van der Waals surface area contributed by atoms with E-state index in [0.717, 1.165) is 41.2 Å². The quantitative estimate of drug-likeness (QED) is 0.529. The third-order valence-corrected chi connectivity index (χ3v) is 5.99. The second-order valence-electron chi connectivity index (χ2n) is 8.02. The summed E-state index contributed by atoms with van der Waals surface area (Å²) in [6.45, 7) is 4.87. The number of aryl methyl sites for hydroxylation is 1. The van der Waals surface area contributed by atoms with Crippen molar-refractivity contribution in [3.8, 4) is 0 Å². The van der Waals surface area contributed by atoms with E-state index in [2.05, 4.69) is 10.2 Å².